The third-order valence-electron chi connectivity index (χ3n) is 5.41. The Morgan fingerprint density at radius 1 is 1.04 bits per heavy atom. The zero-order chi connectivity index (χ0) is 17.2. The molecule has 0 spiro atoms. The molecule has 2 aromatic rings. The molecule has 1 aliphatic heterocycles. The molecule has 0 bridgehead atoms. The number of nitrogens with zero attached hydrogens (tertiary/aromatic N) is 1. The van der Waals surface area contributed by atoms with Crippen LogP contribution in [0.25, 0.3) is 0 Å². The van der Waals surface area contributed by atoms with E-state index in [0.29, 0.717) is 0 Å². The van der Waals surface area contributed by atoms with Gasteiger partial charge in [0.15, 0.2) is 0 Å². The molecule has 1 amide bonds. The minimum absolute atomic E-state index is 0.0867. The fourth-order valence-electron chi connectivity index (χ4n) is 3.97. The number of anilines is 2. The van der Waals surface area contributed by atoms with E-state index in [2.05, 4.69) is 28.4 Å². The number of aryl methyl sites for hydroxylation is 2. The Kier molecular flexibility index (Phi) is 4.67. The maximum atomic E-state index is 12.6. The van der Waals surface area contributed by atoms with Gasteiger partial charge in [-0.3, -0.25) is 4.79 Å². The first kappa shape index (κ1) is 16.5. The van der Waals surface area contributed by atoms with Crippen LogP contribution in [0.5, 0.6) is 0 Å². The molecule has 130 valence electrons. The molecule has 1 saturated heterocycles. The number of fused-ring (bicyclic) bond motifs is 1. The number of rotatable bonds is 3. The summed E-state index contributed by atoms with van der Waals surface area (Å²) in [6.45, 7) is 1.78. The number of hydrogen-bond acceptors (Lipinski definition) is 2. The molecule has 1 heterocycles. The minimum atomic E-state index is 0.0867. The molecule has 0 atom stereocenters. The number of amides is 1. The predicted octanol–water partition coefficient (Wildman–Crippen LogP) is 4.68. The molecule has 1 N–H and O–H groups in total. The van der Waals surface area contributed by atoms with E-state index in [1.165, 1.54) is 24.0 Å². The van der Waals surface area contributed by atoms with Gasteiger partial charge in [0.2, 0.25) is 5.91 Å². The van der Waals surface area contributed by atoms with Crippen LogP contribution in [0.1, 0.15) is 30.4 Å². The molecule has 25 heavy (non-hydrogen) atoms. The standard InChI is InChI=1S/C21H23ClN2O/c22-18-5-2-6-20(14-18)24-11-9-16(10-12-24)21(25)23-19-8-7-15-3-1-4-17(15)13-19/h2,5-8,13-14,16H,1,3-4,9-12H2,(H,23,25). The zero-order valence-corrected chi connectivity index (χ0v) is 15.1. The highest BCUT2D eigenvalue weighted by Crippen LogP contribution is 2.28. The Bertz CT molecular complexity index is 781. The van der Waals surface area contributed by atoms with Crippen molar-refractivity contribution >= 4 is 28.9 Å². The Hall–Kier alpha value is -2.00. The topological polar surface area (TPSA) is 32.3 Å². The van der Waals surface area contributed by atoms with Gasteiger partial charge in [-0.2, -0.15) is 0 Å². The summed E-state index contributed by atoms with van der Waals surface area (Å²) in [5.41, 5.74) is 4.93. The summed E-state index contributed by atoms with van der Waals surface area (Å²) >= 11 is 6.08. The maximum absolute atomic E-state index is 12.6. The van der Waals surface area contributed by atoms with E-state index in [4.69, 9.17) is 11.6 Å². The number of benzene rings is 2. The lowest BCUT2D eigenvalue weighted by atomic mass is 9.95. The summed E-state index contributed by atoms with van der Waals surface area (Å²) < 4.78 is 0. The van der Waals surface area contributed by atoms with Crippen LogP contribution in [0.2, 0.25) is 5.02 Å². The van der Waals surface area contributed by atoms with Gasteiger partial charge in [0, 0.05) is 35.4 Å². The van der Waals surface area contributed by atoms with E-state index in [-0.39, 0.29) is 11.8 Å². The Morgan fingerprint density at radius 2 is 1.84 bits per heavy atom. The highest BCUT2D eigenvalue weighted by atomic mass is 35.5. The van der Waals surface area contributed by atoms with Crippen molar-refractivity contribution in [1.82, 2.24) is 0 Å². The molecule has 2 aliphatic rings. The van der Waals surface area contributed by atoms with Gasteiger partial charge in [-0.05, 0) is 73.6 Å². The van der Waals surface area contributed by atoms with Gasteiger partial charge in [-0.25, -0.2) is 0 Å². The normalized spacial score (nSPS) is 17.4. The number of carbonyl (C=O) groups excluding carboxylic acids is 1. The Labute approximate surface area is 154 Å². The van der Waals surface area contributed by atoms with Crippen molar-refractivity contribution in [2.45, 2.75) is 32.1 Å². The zero-order valence-electron chi connectivity index (χ0n) is 14.3. The molecule has 4 heteroatoms. The number of nitrogens with one attached hydrogen (secondary N) is 1. The summed E-state index contributed by atoms with van der Waals surface area (Å²) in [5.74, 6) is 0.243. The largest absolute Gasteiger partial charge is 0.371 e. The van der Waals surface area contributed by atoms with Crippen molar-refractivity contribution in [3.63, 3.8) is 0 Å². The van der Waals surface area contributed by atoms with Crippen molar-refractivity contribution in [1.29, 1.82) is 0 Å². The van der Waals surface area contributed by atoms with E-state index in [9.17, 15) is 4.79 Å². The van der Waals surface area contributed by atoms with Crippen LogP contribution in [0.4, 0.5) is 11.4 Å². The number of carbonyl (C=O) groups is 1. The van der Waals surface area contributed by atoms with Crippen molar-refractivity contribution < 1.29 is 4.79 Å². The second-order valence-corrected chi connectivity index (χ2v) is 7.50. The smallest absolute Gasteiger partial charge is 0.227 e. The van der Waals surface area contributed by atoms with Crippen LogP contribution >= 0.6 is 11.6 Å². The molecule has 0 unspecified atom stereocenters. The molecule has 0 radical (unpaired) electrons. The molecule has 3 nitrogen and oxygen atoms in total. The van der Waals surface area contributed by atoms with Gasteiger partial charge in [-0.15, -0.1) is 0 Å². The molecule has 1 fully saturated rings. The quantitative estimate of drug-likeness (QED) is 0.867. The fourth-order valence-corrected chi connectivity index (χ4v) is 4.15. The Balaban J connectivity index is 1.35. The van der Waals surface area contributed by atoms with Crippen molar-refractivity contribution in [3.05, 3.63) is 58.6 Å². The summed E-state index contributed by atoms with van der Waals surface area (Å²) in [7, 11) is 0. The molecule has 0 aromatic heterocycles. The van der Waals surface area contributed by atoms with Gasteiger partial charge in [0.05, 0.1) is 0 Å². The second-order valence-electron chi connectivity index (χ2n) is 7.07. The van der Waals surface area contributed by atoms with E-state index in [1.807, 2.05) is 24.3 Å². The Morgan fingerprint density at radius 3 is 2.64 bits per heavy atom. The van der Waals surface area contributed by atoms with Crippen molar-refractivity contribution in [3.8, 4) is 0 Å². The summed E-state index contributed by atoms with van der Waals surface area (Å²) in [6, 6.07) is 14.3. The first-order valence-corrected chi connectivity index (χ1v) is 9.50. The first-order valence-electron chi connectivity index (χ1n) is 9.12. The number of hydrogen-bond donors (Lipinski definition) is 1. The van der Waals surface area contributed by atoms with Gasteiger partial charge < -0.3 is 10.2 Å². The summed E-state index contributed by atoms with van der Waals surface area (Å²) in [4.78, 5) is 14.9. The highest BCUT2D eigenvalue weighted by Gasteiger charge is 2.25. The van der Waals surface area contributed by atoms with Gasteiger partial charge >= 0.3 is 0 Å². The van der Waals surface area contributed by atoms with Gasteiger partial charge in [0.1, 0.15) is 0 Å². The number of halogens is 1. The molecular formula is C21H23ClN2O. The average Bonchev–Trinajstić information content (AvgIpc) is 3.09. The van der Waals surface area contributed by atoms with Crippen molar-refractivity contribution in [2.24, 2.45) is 5.92 Å². The van der Waals surface area contributed by atoms with E-state index >= 15 is 0 Å². The third kappa shape index (κ3) is 3.67. The van der Waals surface area contributed by atoms with E-state index < -0.39 is 0 Å². The second kappa shape index (κ2) is 7.09. The number of piperidine rings is 1. The average molecular weight is 355 g/mol. The maximum Gasteiger partial charge on any atom is 0.227 e. The fraction of sp³-hybridized carbons (Fsp3) is 0.381. The predicted molar refractivity (Wildman–Crippen MR) is 103 cm³/mol. The molecule has 0 saturated carbocycles. The summed E-state index contributed by atoms with van der Waals surface area (Å²) in [6.07, 6.45) is 5.30. The third-order valence-corrected chi connectivity index (χ3v) is 5.64. The van der Waals surface area contributed by atoms with Crippen LogP contribution < -0.4 is 10.2 Å². The highest BCUT2D eigenvalue weighted by molar-refractivity contribution is 6.30. The van der Waals surface area contributed by atoms with Crippen LogP contribution in [0.15, 0.2) is 42.5 Å². The monoisotopic (exact) mass is 354 g/mol. The molecular weight excluding hydrogens is 332 g/mol. The SMILES string of the molecule is O=C(Nc1ccc2c(c1)CCC2)C1CCN(c2cccc(Cl)c2)CC1. The van der Waals surface area contributed by atoms with E-state index in [0.717, 1.165) is 48.7 Å². The lowest BCUT2D eigenvalue weighted by Gasteiger charge is -2.33. The lowest BCUT2D eigenvalue weighted by molar-refractivity contribution is -0.120. The van der Waals surface area contributed by atoms with Gasteiger partial charge in [0.25, 0.3) is 0 Å². The van der Waals surface area contributed by atoms with Crippen LogP contribution in [0, 0.1) is 5.92 Å². The molecule has 1 aliphatic carbocycles. The first-order chi connectivity index (χ1) is 12.2. The van der Waals surface area contributed by atoms with Gasteiger partial charge in [-0.1, -0.05) is 23.7 Å². The van der Waals surface area contributed by atoms with Crippen molar-refractivity contribution in [2.75, 3.05) is 23.3 Å². The van der Waals surface area contributed by atoms with Crippen LogP contribution in [-0.4, -0.2) is 19.0 Å². The molecule has 2 aromatic carbocycles. The summed E-state index contributed by atoms with van der Waals surface area (Å²) in [5, 5.41) is 3.88. The van der Waals surface area contributed by atoms with Crippen LogP contribution in [-0.2, 0) is 17.6 Å². The lowest BCUT2D eigenvalue weighted by Crippen LogP contribution is -2.38. The van der Waals surface area contributed by atoms with E-state index in [1.54, 1.807) is 0 Å². The molecule has 4 rings (SSSR count). The van der Waals surface area contributed by atoms with Crippen LogP contribution in [0.3, 0.4) is 0 Å². The minimum Gasteiger partial charge on any atom is -0.371 e.